The lowest BCUT2D eigenvalue weighted by atomic mass is 9.76. The van der Waals surface area contributed by atoms with Crippen LogP contribution in [0.4, 0.5) is 0 Å². The highest BCUT2D eigenvalue weighted by molar-refractivity contribution is 5.46. The predicted molar refractivity (Wildman–Crippen MR) is 49.6 cm³/mol. The van der Waals surface area contributed by atoms with Crippen LogP contribution in [0, 0.1) is 16.7 Å². The molecular weight excluding hydrogens is 146 g/mol. The summed E-state index contributed by atoms with van der Waals surface area (Å²) in [6, 6.07) is 0.323. The van der Waals surface area contributed by atoms with E-state index in [1.165, 1.54) is 19.3 Å². The van der Waals surface area contributed by atoms with Crippen LogP contribution < -0.4 is 5.73 Å². The number of hydrogen-bond acceptors (Lipinski definition) is 1. The van der Waals surface area contributed by atoms with Crippen LogP contribution in [0.1, 0.15) is 33.1 Å². The standard InChI is InChI=1S/C11H17N/c1-7(12)10(2)3-8-5-11(8)6-9(11)4-10/h3,7,9H,4-6,12H2,1-2H3. The Hall–Kier alpha value is -0.300. The normalized spacial score (nSPS) is 56.6. The third-order valence-electron chi connectivity index (χ3n) is 4.48. The van der Waals surface area contributed by atoms with E-state index in [0.717, 1.165) is 11.3 Å². The summed E-state index contributed by atoms with van der Waals surface area (Å²) < 4.78 is 0. The molecule has 0 radical (unpaired) electrons. The zero-order valence-electron chi connectivity index (χ0n) is 7.93. The minimum atomic E-state index is 0.316. The molecule has 0 saturated heterocycles. The summed E-state index contributed by atoms with van der Waals surface area (Å²) >= 11 is 0. The molecule has 3 aliphatic carbocycles. The van der Waals surface area contributed by atoms with Gasteiger partial charge in [-0.05, 0) is 37.5 Å². The van der Waals surface area contributed by atoms with Crippen LogP contribution in [0.15, 0.2) is 11.6 Å². The highest BCUT2D eigenvalue weighted by Crippen LogP contribution is 2.79. The quantitative estimate of drug-likeness (QED) is 0.588. The molecule has 0 aromatic heterocycles. The van der Waals surface area contributed by atoms with E-state index in [1.54, 1.807) is 5.57 Å². The van der Waals surface area contributed by atoms with E-state index in [0.29, 0.717) is 11.5 Å². The molecule has 2 saturated carbocycles. The molecule has 0 amide bonds. The van der Waals surface area contributed by atoms with E-state index in [1.807, 2.05) is 0 Å². The van der Waals surface area contributed by atoms with Crippen molar-refractivity contribution in [3.05, 3.63) is 11.6 Å². The van der Waals surface area contributed by atoms with Crippen molar-refractivity contribution in [2.45, 2.75) is 39.2 Å². The monoisotopic (exact) mass is 163 g/mol. The maximum absolute atomic E-state index is 6.02. The fraction of sp³-hybridized carbons (Fsp3) is 0.818. The van der Waals surface area contributed by atoms with Crippen LogP contribution in [-0.4, -0.2) is 6.04 Å². The summed E-state index contributed by atoms with van der Waals surface area (Å²) in [4.78, 5) is 0. The molecule has 4 unspecified atom stereocenters. The van der Waals surface area contributed by atoms with Gasteiger partial charge >= 0.3 is 0 Å². The van der Waals surface area contributed by atoms with Crippen LogP contribution in [0.5, 0.6) is 0 Å². The largest absolute Gasteiger partial charge is 0.327 e. The Morgan fingerprint density at radius 2 is 2.33 bits per heavy atom. The second-order valence-corrected chi connectivity index (χ2v) is 5.40. The summed E-state index contributed by atoms with van der Waals surface area (Å²) in [6.07, 6.45) is 6.70. The van der Waals surface area contributed by atoms with Gasteiger partial charge < -0.3 is 5.73 Å². The van der Waals surface area contributed by atoms with Crippen LogP contribution >= 0.6 is 0 Å². The van der Waals surface area contributed by atoms with Crippen molar-refractivity contribution in [1.82, 2.24) is 0 Å². The number of nitrogens with two attached hydrogens (primary N) is 1. The van der Waals surface area contributed by atoms with Crippen LogP contribution in [0.3, 0.4) is 0 Å². The van der Waals surface area contributed by atoms with Crippen molar-refractivity contribution < 1.29 is 0 Å². The highest BCUT2D eigenvalue weighted by atomic mass is 14.8. The van der Waals surface area contributed by atoms with Crippen LogP contribution in [0.25, 0.3) is 0 Å². The Morgan fingerprint density at radius 3 is 2.92 bits per heavy atom. The fourth-order valence-corrected chi connectivity index (χ4v) is 3.05. The van der Waals surface area contributed by atoms with E-state index in [-0.39, 0.29) is 0 Å². The van der Waals surface area contributed by atoms with Crippen molar-refractivity contribution in [1.29, 1.82) is 0 Å². The number of allylic oxidation sites excluding steroid dienone is 1. The first-order valence-corrected chi connectivity index (χ1v) is 5.05. The first-order valence-electron chi connectivity index (χ1n) is 5.05. The minimum absolute atomic E-state index is 0.316. The molecule has 2 fully saturated rings. The Balaban J connectivity index is 1.96. The molecular formula is C11H17N. The zero-order chi connectivity index (χ0) is 8.56. The smallest absolute Gasteiger partial charge is 0.00993 e. The van der Waals surface area contributed by atoms with Gasteiger partial charge in [0.05, 0.1) is 0 Å². The van der Waals surface area contributed by atoms with Gasteiger partial charge in [-0.25, -0.2) is 0 Å². The molecule has 1 heteroatoms. The fourth-order valence-electron chi connectivity index (χ4n) is 3.05. The molecule has 3 aliphatic rings. The molecule has 3 rings (SSSR count). The average Bonchev–Trinajstić information content (AvgIpc) is 2.74. The van der Waals surface area contributed by atoms with Gasteiger partial charge in [0, 0.05) is 11.5 Å². The minimum Gasteiger partial charge on any atom is -0.327 e. The van der Waals surface area contributed by atoms with Crippen molar-refractivity contribution in [2.75, 3.05) is 0 Å². The van der Waals surface area contributed by atoms with E-state index in [4.69, 9.17) is 5.73 Å². The second kappa shape index (κ2) is 1.65. The zero-order valence-corrected chi connectivity index (χ0v) is 7.93. The van der Waals surface area contributed by atoms with Crippen molar-refractivity contribution >= 4 is 0 Å². The van der Waals surface area contributed by atoms with Gasteiger partial charge in [-0.15, -0.1) is 0 Å². The summed E-state index contributed by atoms with van der Waals surface area (Å²) in [5.74, 6) is 1.01. The number of rotatable bonds is 1. The molecule has 1 spiro atoms. The Kier molecular flexibility index (Phi) is 0.981. The molecule has 0 heterocycles. The Labute approximate surface area is 74.0 Å². The lowest BCUT2D eigenvalue weighted by Gasteiger charge is -2.32. The molecule has 2 N–H and O–H groups in total. The molecule has 1 nitrogen and oxygen atoms in total. The van der Waals surface area contributed by atoms with E-state index < -0.39 is 0 Å². The van der Waals surface area contributed by atoms with Crippen molar-refractivity contribution in [2.24, 2.45) is 22.5 Å². The number of hydrogen-bond donors (Lipinski definition) is 1. The van der Waals surface area contributed by atoms with Gasteiger partial charge in [-0.1, -0.05) is 18.6 Å². The lowest BCUT2D eigenvalue weighted by Crippen LogP contribution is -2.36. The second-order valence-electron chi connectivity index (χ2n) is 5.40. The molecule has 4 atom stereocenters. The van der Waals surface area contributed by atoms with Gasteiger partial charge in [-0.3, -0.25) is 0 Å². The van der Waals surface area contributed by atoms with Crippen LogP contribution in [-0.2, 0) is 0 Å². The van der Waals surface area contributed by atoms with Gasteiger partial charge in [0.1, 0.15) is 0 Å². The molecule has 0 bridgehead atoms. The highest BCUT2D eigenvalue weighted by Gasteiger charge is 2.70. The summed E-state index contributed by atoms with van der Waals surface area (Å²) in [5, 5.41) is 0. The first kappa shape index (κ1) is 7.14. The summed E-state index contributed by atoms with van der Waals surface area (Å²) in [7, 11) is 0. The lowest BCUT2D eigenvalue weighted by molar-refractivity contribution is 0.292. The summed E-state index contributed by atoms with van der Waals surface area (Å²) in [6.45, 7) is 4.47. The SMILES string of the molecule is CC(N)C1(C)C=C2CC23CC3C1. The van der Waals surface area contributed by atoms with Gasteiger partial charge in [0.25, 0.3) is 0 Å². The molecule has 0 aromatic rings. The van der Waals surface area contributed by atoms with Crippen molar-refractivity contribution in [3.63, 3.8) is 0 Å². The first-order chi connectivity index (χ1) is 5.57. The third-order valence-corrected chi connectivity index (χ3v) is 4.48. The Morgan fingerprint density at radius 1 is 1.58 bits per heavy atom. The van der Waals surface area contributed by atoms with E-state index in [2.05, 4.69) is 19.9 Å². The summed E-state index contributed by atoms with van der Waals surface area (Å²) in [5.41, 5.74) is 8.83. The maximum atomic E-state index is 6.02. The van der Waals surface area contributed by atoms with E-state index >= 15 is 0 Å². The topological polar surface area (TPSA) is 26.0 Å². The predicted octanol–water partition coefficient (Wildman–Crippen LogP) is 2.08. The third kappa shape index (κ3) is 0.646. The van der Waals surface area contributed by atoms with Gasteiger partial charge in [-0.2, -0.15) is 0 Å². The molecule has 66 valence electrons. The molecule has 0 aliphatic heterocycles. The Bertz CT molecular complexity index is 279. The van der Waals surface area contributed by atoms with Gasteiger partial charge in [0.2, 0.25) is 0 Å². The molecule has 12 heavy (non-hydrogen) atoms. The average molecular weight is 163 g/mol. The van der Waals surface area contributed by atoms with E-state index in [9.17, 15) is 0 Å². The van der Waals surface area contributed by atoms with Crippen molar-refractivity contribution in [3.8, 4) is 0 Å². The molecule has 0 aromatic carbocycles. The maximum Gasteiger partial charge on any atom is 0.00993 e. The van der Waals surface area contributed by atoms with Gasteiger partial charge in [0.15, 0.2) is 0 Å². The van der Waals surface area contributed by atoms with Crippen LogP contribution in [0.2, 0.25) is 0 Å².